The molecule has 0 spiro atoms. The summed E-state index contributed by atoms with van der Waals surface area (Å²) >= 11 is 1.51. The minimum atomic E-state index is -0.154. The number of likely N-dealkylation sites (tertiary alicyclic amines) is 1. The molecule has 4 heterocycles. The first-order valence-corrected chi connectivity index (χ1v) is 10.9. The van der Waals surface area contributed by atoms with Gasteiger partial charge in [-0.3, -0.25) is 4.79 Å². The van der Waals surface area contributed by atoms with Crippen molar-refractivity contribution in [3.63, 3.8) is 0 Å². The second kappa shape index (κ2) is 9.12. The Morgan fingerprint density at radius 2 is 2.27 bits per heavy atom. The zero-order valence-electron chi connectivity index (χ0n) is 17.0. The monoisotopic (exact) mass is 424 g/mol. The fraction of sp³-hybridized carbons (Fsp3) is 0.400. The van der Waals surface area contributed by atoms with Crippen LogP contribution < -0.4 is 5.32 Å². The summed E-state index contributed by atoms with van der Waals surface area (Å²) in [5, 5.41) is 13.2. The lowest BCUT2D eigenvalue weighted by atomic mass is 10.0. The summed E-state index contributed by atoms with van der Waals surface area (Å²) in [7, 11) is 0. The number of H-pyrrole nitrogens is 1. The largest absolute Gasteiger partial charge is 0.345 e. The summed E-state index contributed by atoms with van der Waals surface area (Å²) in [6.07, 6.45) is 10.3. The first-order chi connectivity index (χ1) is 14.6. The maximum atomic E-state index is 12.9. The molecular weight excluding hydrogens is 400 g/mol. The van der Waals surface area contributed by atoms with Gasteiger partial charge in [-0.05, 0) is 38.7 Å². The molecule has 0 radical (unpaired) electrons. The number of hydrogen-bond acceptors (Lipinski definition) is 8. The van der Waals surface area contributed by atoms with Crippen LogP contribution in [-0.2, 0) is 11.2 Å². The van der Waals surface area contributed by atoms with Crippen molar-refractivity contribution in [2.75, 3.05) is 11.9 Å². The number of amides is 1. The number of aromatic nitrogens is 6. The van der Waals surface area contributed by atoms with Crippen LogP contribution >= 0.6 is 11.3 Å². The van der Waals surface area contributed by atoms with Crippen molar-refractivity contribution in [1.29, 1.82) is 0 Å². The van der Waals surface area contributed by atoms with Gasteiger partial charge in [0, 0.05) is 24.4 Å². The number of hydrogen-bond donors (Lipinski definition) is 2. The molecule has 1 aliphatic rings. The van der Waals surface area contributed by atoms with E-state index in [2.05, 4.69) is 30.5 Å². The Morgan fingerprint density at radius 3 is 3.03 bits per heavy atom. The molecule has 0 aliphatic carbocycles. The lowest BCUT2D eigenvalue weighted by Gasteiger charge is -2.34. The fourth-order valence-corrected chi connectivity index (χ4v) is 4.13. The molecule has 1 fully saturated rings. The number of imidazole rings is 1. The Hall–Kier alpha value is -3.14. The molecule has 1 saturated heterocycles. The van der Waals surface area contributed by atoms with Crippen LogP contribution in [0.3, 0.4) is 0 Å². The van der Waals surface area contributed by atoms with Gasteiger partial charge >= 0.3 is 0 Å². The highest BCUT2D eigenvalue weighted by Gasteiger charge is 2.29. The van der Waals surface area contributed by atoms with Gasteiger partial charge in [0.2, 0.25) is 11.0 Å². The molecule has 156 valence electrons. The summed E-state index contributed by atoms with van der Waals surface area (Å²) in [6.45, 7) is 4.67. The number of rotatable bonds is 6. The van der Waals surface area contributed by atoms with Crippen LogP contribution in [0.5, 0.6) is 0 Å². The quantitative estimate of drug-likeness (QED) is 0.583. The van der Waals surface area contributed by atoms with Crippen LogP contribution in [0.15, 0.2) is 24.7 Å². The highest BCUT2D eigenvalue weighted by molar-refractivity contribution is 7.15. The van der Waals surface area contributed by atoms with E-state index in [0.717, 1.165) is 42.1 Å². The predicted octanol–water partition coefficient (Wildman–Crippen LogP) is 3.43. The number of nitrogens with one attached hydrogen (secondary N) is 2. The van der Waals surface area contributed by atoms with Crippen LogP contribution in [0.2, 0.25) is 0 Å². The number of aryl methyl sites for hydroxylation is 2. The molecule has 2 N–H and O–H groups in total. The van der Waals surface area contributed by atoms with Gasteiger partial charge in [-0.25, -0.2) is 15.0 Å². The Bertz CT molecular complexity index is 1030. The molecule has 0 aromatic carbocycles. The van der Waals surface area contributed by atoms with Gasteiger partial charge < -0.3 is 15.2 Å². The van der Waals surface area contributed by atoms with Gasteiger partial charge in [-0.15, -0.1) is 10.2 Å². The molecule has 4 rings (SSSR count). The van der Waals surface area contributed by atoms with Crippen molar-refractivity contribution in [2.45, 2.75) is 45.6 Å². The molecule has 10 heteroatoms. The van der Waals surface area contributed by atoms with E-state index < -0.39 is 0 Å². The molecule has 0 bridgehead atoms. The van der Waals surface area contributed by atoms with Gasteiger partial charge in [0.1, 0.15) is 10.8 Å². The average molecular weight is 425 g/mol. The van der Waals surface area contributed by atoms with Gasteiger partial charge in [0.25, 0.3) is 0 Å². The van der Waals surface area contributed by atoms with Crippen molar-refractivity contribution in [2.24, 2.45) is 0 Å². The van der Waals surface area contributed by atoms with Crippen molar-refractivity contribution in [1.82, 2.24) is 35.0 Å². The van der Waals surface area contributed by atoms with Crippen LogP contribution in [0.25, 0.3) is 6.08 Å². The lowest BCUT2D eigenvalue weighted by molar-refractivity contribution is -0.129. The third-order valence-corrected chi connectivity index (χ3v) is 5.87. The summed E-state index contributed by atoms with van der Waals surface area (Å²) in [5.41, 5.74) is 1.63. The normalized spacial score (nSPS) is 16.9. The summed E-state index contributed by atoms with van der Waals surface area (Å²) in [5.74, 6) is 1.27. The standard InChI is InChI=1S/C20H24N8OS/c1-3-17-26-27-20(30-17)25-16-10-13(2)23-19(24-16)15-6-4-5-9-28(15)18(29)8-7-14-11-21-12-22-14/h7-8,10-12,15H,3-6,9H2,1-2H3,(H,21,22)(H,23,24,25,27)/b8-7+/t15-/m1/s1. The SMILES string of the molecule is CCc1nnc(Nc2cc(C)nc([C@H]3CCCCN3C(=O)/C=C/c3cnc[nH]3)n2)s1. The van der Waals surface area contributed by atoms with Gasteiger partial charge in [0.15, 0.2) is 5.82 Å². The van der Waals surface area contributed by atoms with E-state index in [4.69, 9.17) is 4.98 Å². The molecular formula is C20H24N8OS. The smallest absolute Gasteiger partial charge is 0.247 e. The second-order valence-corrected chi connectivity index (χ2v) is 8.18. The molecule has 3 aromatic heterocycles. The van der Waals surface area contributed by atoms with Crippen molar-refractivity contribution in [3.8, 4) is 0 Å². The van der Waals surface area contributed by atoms with Gasteiger partial charge in [-0.1, -0.05) is 18.3 Å². The maximum Gasteiger partial charge on any atom is 0.247 e. The van der Waals surface area contributed by atoms with Crippen LogP contribution in [0, 0.1) is 6.92 Å². The number of piperidine rings is 1. The highest BCUT2D eigenvalue weighted by atomic mass is 32.1. The third-order valence-electron chi connectivity index (χ3n) is 4.88. The van der Waals surface area contributed by atoms with Crippen LogP contribution in [0.4, 0.5) is 10.9 Å². The van der Waals surface area contributed by atoms with Gasteiger partial charge in [0.05, 0.1) is 24.3 Å². The average Bonchev–Trinajstić information content (AvgIpc) is 3.43. The Kier molecular flexibility index (Phi) is 6.12. The summed E-state index contributed by atoms with van der Waals surface area (Å²) in [4.78, 5) is 31.0. The number of aromatic amines is 1. The minimum Gasteiger partial charge on any atom is -0.345 e. The van der Waals surface area contributed by atoms with Crippen molar-refractivity contribution in [3.05, 3.63) is 46.9 Å². The molecule has 0 saturated carbocycles. The lowest BCUT2D eigenvalue weighted by Crippen LogP contribution is -2.38. The zero-order valence-corrected chi connectivity index (χ0v) is 17.8. The molecule has 3 aromatic rings. The van der Waals surface area contributed by atoms with E-state index >= 15 is 0 Å². The summed E-state index contributed by atoms with van der Waals surface area (Å²) in [6, 6.07) is 1.72. The maximum absolute atomic E-state index is 12.9. The molecule has 1 atom stereocenters. The first kappa shape index (κ1) is 20.1. The Morgan fingerprint density at radius 1 is 1.37 bits per heavy atom. The van der Waals surface area contributed by atoms with E-state index in [0.29, 0.717) is 23.3 Å². The van der Waals surface area contributed by atoms with E-state index in [1.165, 1.54) is 11.3 Å². The van der Waals surface area contributed by atoms with Crippen LogP contribution in [-0.4, -0.2) is 47.5 Å². The predicted molar refractivity (Wildman–Crippen MR) is 115 cm³/mol. The second-order valence-electron chi connectivity index (χ2n) is 7.12. The third kappa shape index (κ3) is 4.70. The molecule has 1 aliphatic heterocycles. The Balaban J connectivity index is 1.55. The van der Waals surface area contributed by atoms with Gasteiger partial charge in [-0.2, -0.15) is 0 Å². The molecule has 0 unspecified atom stereocenters. The number of nitrogens with zero attached hydrogens (tertiary/aromatic N) is 6. The van der Waals surface area contributed by atoms with E-state index in [9.17, 15) is 4.79 Å². The van der Waals surface area contributed by atoms with E-state index in [1.807, 2.05) is 24.8 Å². The van der Waals surface area contributed by atoms with E-state index in [1.54, 1.807) is 24.7 Å². The molecule has 9 nitrogen and oxygen atoms in total. The topological polar surface area (TPSA) is 113 Å². The minimum absolute atomic E-state index is 0.0503. The molecule has 1 amide bonds. The Labute approximate surface area is 178 Å². The molecule has 30 heavy (non-hydrogen) atoms. The zero-order chi connectivity index (χ0) is 20.9. The fourth-order valence-electron chi connectivity index (χ4n) is 3.44. The first-order valence-electron chi connectivity index (χ1n) is 10.0. The highest BCUT2D eigenvalue weighted by Crippen LogP contribution is 2.30. The van der Waals surface area contributed by atoms with Crippen molar-refractivity contribution >= 4 is 34.3 Å². The van der Waals surface area contributed by atoms with E-state index in [-0.39, 0.29) is 11.9 Å². The number of carbonyl (C=O) groups excluding carboxylic acids is 1. The van der Waals surface area contributed by atoms with Crippen LogP contribution in [0.1, 0.15) is 54.4 Å². The number of anilines is 2. The summed E-state index contributed by atoms with van der Waals surface area (Å²) < 4.78 is 0. The number of carbonyl (C=O) groups is 1. The van der Waals surface area contributed by atoms with Crippen molar-refractivity contribution < 1.29 is 4.79 Å².